The van der Waals surface area contributed by atoms with E-state index >= 15 is 0 Å². The van der Waals surface area contributed by atoms with E-state index in [-0.39, 0.29) is 23.1 Å². The van der Waals surface area contributed by atoms with Crippen LogP contribution in [-0.4, -0.2) is 41.3 Å². The van der Waals surface area contributed by atoms with Crippen LogP contribution >= 0.6 is 0 Å². The number of primary amides is 1. The summed E-state index contributed by atoms with van der Waals surface area (Å²) in [5, 5.41) is 13.5. The first-order valence-corrected chi connectivity index (χ1v) is 9.90. The lowest BCUT2D eigenvalue weighted by Gasteiger charge is -2.30. The third kappa shape index (κ3) is 5.54. The molecule has 9 nitrogen and oxygen atoms in total. The number of anilines is 2. The lowest BCUT2D eigenvalue weighted by Crippen LogP contribution is -2.39. The molecule has 0 atom stereocenters. The fourth-order valence-electron chi connectivity index (χ4n) is 3.62. The Morgan fingerprint density at radius 3 is 2.42 bits per heavy atom. The second kappa shape index (κ2) is 9.52. The Balaban J connectivity index is 1.57. The Morgan fingerprint density at radius 2 is 1.84 bits per heavy atom. The van der Waals surface area contributed by atoms with E-state index in [2.05, 4.69) is 10.2 Å². The number of hydrogen-bond donors (Lipinski definition) is 3. The molecule has 2 aromatic carbocycles. The number of piperidine rings is 1. The van der Waals surface area contributed by atoms with Crippen molar-refractivity contribution < 1.29 is 18.9 Å². The van der Waals surface area contributed by atoms with Crippen molar-refractivity contribution in [2.75, 3.05) is 30.7 Å². The molecule has 1 saturated heterocycles. The number of nitro groups is 1. The second-order valence-corrected chi connectivity index (χ2v) is 7.56. The smallest absolute Gasteiger partial charge is 0.295 e. The molecule has 164 valence electrons. The Morgan fingerprint density at radius 1 is 1.19 bits per heavy atom. The number of nitro benzene ring substituents is 1. The van der Waals surface area contributed by atoms with Gasteiger partial charge in [-0.05, 0) is 56.1 Å². The number of nitrogens with one attached hydrogen (secondary N) is 1. The normalized spacial score (nSPS) is 14.9. The van der Waals surface area contributed by atoms with E-state index in [9.17, 15) is 24.1 Å². The van der Waals surface area contributed by atoms with Crippen molar-refractivity contribution in [3.63, 3.8) is 0 Å². The van der Waals surface area contributed by atoms with Gasteiger partial charge in [-0.2, -0.15) is 0 Å². The lowest BCUT2D eigenvalue weighted by molar-refractivity contribution is -0.384. The lowest BCUT2D eigenvalue weighted by atomic mass is 9.96. The van der Waals surface area contributed by atoms with E-state index in [1.54, 1.807) is 12.1 Å². The SMILES string of the molecule is NC(=O)C1CCN(CCc2ccc(NC(=O)c3cc(F)cc([N+](=O)[O-])c3N)cc2)CC1. The van der Waals surface area contributed by atoms with Crippen LogP contribution in [-0.2, 0) is 11.2 Å². The van der Waals surface area contributed by atoms with Gasteiger partial charge < -0.3 is 21.7 Å². The summed E-state index contributed by atoms with van der Waals surface area (Å²) in [7, 11) is 0. The van der Waals surface area contributed by atoms with E-state index in [4.69, 9.17) is 11.5 Å². The van der Waals surface area contributed by atoms with Gasteiger partial charge in [0.1, 0.15) is 11.5 Å². The molecule has 0 radical (unpaired) electrons. The molecule has 2 aromatic rings. The number of nitrogen functional groups attached to an aromatic ring is 1. The first-order chi connectivity index (χ1) is 14.7. The number of hydrogen-bond acceptors (Lipinski definition) is 6. The van der Waals surface area contributed by atoms with Gasteiger partial charge in [-0.1, -0.05) is 12.1 Å². The molecule has 1 heterocycles. The van der Waals surface area contributed by atoms with Gasteiger partial charge in [-0.15, -0.1) is 0 Å². The van der Waals surface area contributed by atoms with Crippen LogP contribution < -0.4 is 16.8 Å². The number of nitrogens with two attached hydrogens (primary N) is 2. The van der Waals surface area contributed by atoms with Crippen LogP contribution in [0.5, 0.6) is 0 Å². The summed E-state index contributed by atoms with van der Waals surface area (Å²) >= 11 is 0. The van der Waals surface area contributed by atoms with Crippen molar-refractivity contribution in [3.8, 4) is 0 Å². The molecule has 5 N–H and O–H groups in total. The van der Waals surface area contributed by atoms with Gasteiger partial charge in [0, 0.05) is 18.2 Å². The van der Waals surface area contributed by atoms with Crippen LogP contribution in [0, 0.1) is 21.8 Å². The van der Waals surface area contributed by atoms with Crippen molar-refractivity contribution in [3.05, 3.63) is 63.5 Å². The van der Waals surface area contributed by atoms with Crippen molar-refractivity contribution >= 4 is 28.9 Å². The summed E-state index contributed by atoms with van der Waals surface area (Å²) in [6, 6.07) is 8.68. The Labute approximate surface area is 178 Å². The quantitative estimate of drug-likeness (QED) is 0.350. The Hall–Kier alpha value is -3.53. The van der Waals surface area contributed by atoms with E-state index in [0.717, 1.165) is 50.5 Å². The van der Waals surface area contributed by atoms with Crippen molar-refractivity contribution in [1.82, 2.24) is 4.90 Å². The van der Waals surface area contributed by atoms with Crippen LogP contribution in [0.2, 0.25) is 0 Å². The Kier molecular flexibility index (Phi) is 6.81. The summed E-state index contributed by atoms with van der Waals surface area (Å²) < 4.78 is 13.7. The minimum absolute atomic E-state index is 0.0345. The van der Waals surface area contributed by atoms with E-state index < -0.39 is 22.3 Å². The standard InChI is InChI=1S/C21H24FN5O4/c22-15-11-17(19(23)18(12-15)27(30)31)21(29)25-16-3-1-13(2-4-16)5-8-26-9-6-14(7-10-26)20(24)28/h1-4,11-12,14H,5-10,23H2,(H2,24,28)(H,25,29). The van der Waals surface area contributed by atoms with E-state index in [1.807, 2.05) is 12.1 Å². The third-order valence-electron chi connectivity index (χ3n) is 5.48. The van der Waals surface area contributed by atoms with E-state index in [0.29, 0.717) is 11.8 Å². The number of likely N-dealkylation sites (tertiary alicyclic amines) is 1. The fourth-order valence-corrected chi connectivity index (χ4v) is 3.62. The summed E-state index contributed by atoms with van der Waals surface area (Å²) in [6.07, 6.45) is 2.36. The first-order valence-electron chi connectivity index (χ1n) is 9.90. The maximum absolute atomic E-state index is 13.7. The zero-order valence-electron chi connectivity index (χ0n) is 16.8. The van der Waals surface area contributed by atoms with Crippen LogP contribution in [0.1, 0.15) is 28.8 Å². The third-order valence-corrected chi connectivity index (χ3v) is 5.48. The van der Waals surface area contributed by atoms with Gasteiger partial charge in [0.05, 0.1) is 16.6 Å². The van der Waals surface area contributed by atoms with E-state index in [1.165, 1.54) is 0 Å². The molecule has 3 rings (SSSR count). The predicted molar refractivity (Wildman–Crippen MR) is 114 cm³/mol. The number of benzene rings is 2. The first kappa shape index (κ1) is 22.2. The largest absolute Gasteiger partial charge is 0.393 e. The summed E-state index contributed by atoms with van der Waals surface area (Å²) in [5.74, 6) is -1.91. The minimum atomic E-state index is -0.915. The van der Waals surface area contributed by atoms with Crippen LogP contribution in [0.25, 0.3) is 0 Å². The highest BCUT2D eigenvalue weighted by molar-refractivity contribution is 6.08. The molecule has 0 saturated carbocycles. The molecule has 10 heteroatoms. The molecule has 0 aliphatic carbocycles. The second-order valence-electron chi connectivity index (χ2n) is 7.56. The maximum atomic E-state index is 13.7. The number of nitrogens with zero attached hydrogens (tertiary/aromatic N) is 2. The molecule has 0 bridgehead atoms. The fraction of sp³-hybridized carbons (Fsp3) is 0.333. The van der Waals surface area contributed by atoms with Crippen LogP contribution in [0.4, 0.5) is 21.5 Å². The van der Waals surface area contributed by atoms with Gasteiger partial charge in [0.15, 0.2) is 0 Å². The molecular formula is C21H24FN5O4. The van der Waals surface area contributed by atoms with Gasteiger partial charge in [-0.25, -0.2) is 4.39 Å². The minimum Gasteiger partial charge on any atom is -0.393 e. The highest BCUT2D eigenvalue weighted by Gasteiger charge is 2.23. The summed E-state index contributed by atoms with van der Waals surface area (Å²) in [4.78, 5) is 36.1. The van der Waals surface area contributed by atoms with Crippen LogP contribution in [0.3, 0.4) is 0 Å². The number of halogens is 1. The average molecular weight is 429 g/mol. The van der Waals surface area contributed by atoms with Gasteiger partial charge in [0.25, 0.3) is 11.6 Å². The molecule has 1 aliphatic heterocycles. The van der Waals surface area contributed by atoms with Gasteiger partial charge in [-0.3, -0.25) is 19.7 Å². The molecular weight excluding hydrogens is 405 g/mol. The topological polar surface area (TPSA) is 145 Å². The molecule has 1 fully saturated rings. The van der Waals surface area contributed by atoms with Crippen molar-refractivity contribution in [2.24, 2.45) is 11.7 Å². The summed E-state index contributed by atoms with van der Waals surface area (Å²) in [5.41, 5.74) is 11.2. The molecule has 2 amide bonds. The molecule has 0 spiro atoms. The zero-order valence-corrected chi connectivity index (χ0v) is 16.8. The zero-order chi connectivity index (χ0) is 22.5. The van der Waals surface area contributed by atoms with Crippen LogP contribution in [0.15, 0.2) is 36.4 Å². The number of carbonyl (C=O) groups is 2. The van der Waals surface area contributed by atoms with Crippen molar-refractivity contribution in [1.29, 1.82) is 0 Å². The Bertz CT molecular complexity index is 988. The molecule has 0 unspecified atom stereocenters. The monoisotopic (exact) mass is 429 g/mol. The number of rotatable bonds is 7. The highest BCUT2D eigenvalue weighted by atomic mass is 19.1. The highest BCUT2D eigenvalue weighted by Crippen LogP contribution is 2.27. The predicted octanol–water partition coefficient (Wildman–Crippen LogP) is 2.31. The molecule has 1 aliphatic rings. The van der Waals surface area contributed by atoms with Crippen molar-refractivity contribution in [2.45, 2.75) is 19.3 Å². The van der Waals surface area contributed by atoms with Gasteiger partial charge >= 0.3 is 0 Å². The van der Waals surface area contributed by atoms with Gasteiger partial charge in [0.2, 0.25) is 5.91 Å². The molecule has 0 aromatic heterocycles. The summed E-state index contributed by atoms with van der Waals surface area (Å²) in [6.45, 7) is 2.52. The number of carbonyl (C=O) groups excluding carboxylic acids is 2. The molecule has 31 heavy (non-hydrogen) atoms. The number of amides is 2. The average Bonchev–Trinajstić information content (AvgIpc) is 2.74. The maximum Gasteiger partial charge on any atom is 0.295 e.